The topological polar surface area (TPSA) is 44.8 Å². The zero-order valence-electron chi connectivity index (χ0n) is 13.1. The van der Waals surface area contributed by atoms with Crippen LogP contribution < -0.4 is 0 Å². The second kappa shape index (κ2) is 6.00. The molecule has 0 bridgehead atoms. The van der Waals surface area contributed by atoms with Gasteiger partial charge in [-0.3, -0.25) is 0 Å². The van der Waals surface area contributed by atoms with Crippen LogP contribution in [0.15, 0.2) is 0 Å². The number of rotatable bonds is 6. The van der Waals surface area contributed by atoms with Crippen LogP contribution in [-0.2, 0) is 18.1 Å². The molecule has 0 aromatic carbocycles. The minimum atomic E-state index is -1.93. The van der Waals surface area contributed by atoms with E-state index < -0.39 is 30.9 Å². The molecule has 0 fully saturated rings. The summed E-state index contributed by atoms with van der Waals surface area (Å²) >= 11 is 0. The van der Waals surface area contributed by atoms with Crippen LogP contribution >= 0.6 is 0 Å². The fraction of sp³-hybridized carbons (Fsp3) is 0.818. The van der Waals surface area contributed by atoms with Gasteiger partial charge in [0.05, 0.1) is 0 Å². The van der Waals surface area contributed by atoms with Gasteiger partial charge in [-0.05, 0) is 58.9 Å². The van der Waals surface area contributed by atoms with Gasteiger partial charge < -0.3 is 13.3 Å². The fourth-order valence-corrected chi connectivity index (χ4v) is 3.07. The predicted octanol–water partition coefficient (Wildman–Crippen LogP) is 3.56. The van der Waals surface area contributed by atoms with Crippen molar-refractivity contribution in [3.05, 3.63) is 6.29 Å². The molecule has 0 spiro atoms. The van der Waals surface area contributed by atoms with E-state index in [2.05, 4.69) is 0 Å². The van der Waals surface area contributed by atoms with E-state index in [1.807, 2.05) is 58.9 Å². The molecule has 0 aliphatic carbocycles. The highest BCUT2D eigenvalue weighted by Crippen LogP contribution is 2.22. The highest BCUT2D eigenvalue weighted by Gasteiger charge is 2.37. The Kier molecular flexibility index (Phi) is 6.01. The van der Waals surface area contributed by atoms with Gasteiger partial charge in [-0.15, -0.1) is 0 Å². The van der Waals surface area contributed by atoms with Crippen LogP contribution in [0.3, 0.4) is 0 Å². The van der Waals surface area contributed by atoms with Gasteiger partial charge in [0.2, 0.25) is 8.32 Å². The maximum atomic E-state index is 12.1. The number of hydrogen-bond acceptors (Lipinski definition) is 4. The van der Waals surface area contributed by atoms with Crippen molar-refractivity contribution in [1.82, 2.24) is 0 Å². The molecule has 0 rings (SSSR count). The lowest BCUT2D eigenvalue weighted by molar-refractivity contribution is -0.144. The third-order valence-corrected chi connectivity index (χ3v) is 3.76. The summed E-state index contributed by atoms with van der Waals surface area (Å²) in [7, 11) is -5.70. The fourth-order valence-electron chi connectivity index (χ4n) is 0.980. The Labute approximate surface area is 114 Å². The molecule has 0 saturated carbocycles. The van der Waals surface area contributed by atoms with Gasteiger partial charge in [0.25, 0.3) is 0 Å². The van der Waals surface area contributed by atoms with Crippen LogP contribution in [0.25, 0.3) is 0 Å². The average Bonchev–Trinajstić information content (AvgIpc) is 1.93. The Balaban J connectivity index is 4.82. The lowest BCUT2D eigenvalue weighted by Crippen LogP contribution is -2.42. The zero-order valence-corrected chi connectivity index (χ0v) is 16.1. The van der Waals surface area contributed by atoms with E-state index in [0.29, 0.717) is 0 Å². The summed E-state index contributed by atoms with van der Waals surface area (Å²) in [6, 6.07) is 0. The van der Waals surface area contributed by atoms with Gasteiger partial charge in [-0.25, -0.2) is 4.79 Å². The summed E-state index contributed by atoms with van der Waals surface area (Å²) in [6.07, 6.45) is 0.0655. The van der Waals surface area contributed by atoms with E-state index in [9.17, 15) is 4.79 Å². The summed E-state index contributed by atoms with van der Waals surface area (Å²) in [5.74, 6) is -0.445. The molecule has 0 aliphatic heterocycles. The van der Waals surface area contributed by atoms with E-state index in [-0.39, 0.29) is 6.29 Å². The quantitative estimate of drug-likeness (QED) is 0.704. The monoisotopic (exact) mass is 307 g/mol. The minimum absolute atomic E-state index is 0.0655. The molecular weight excluding hydrogens is 280 g/mol. The molecule has 4 nitrogen and oxygen atoms in total. The van der Waals surface area contributed by atoms with E-state index in [1.165, 1.54) is 0 Å². The minimum Gasteiger partial charge on any atom is -0.516 e. The smallest absolute Gasteiger partial charge is 0.358 e. The van der Waals surface area contributed by atoms with E-state index in [0.717, 1.165) is 0 Å². The summed E-state index contributed by atoms with van der Waals surface area (Å²) in [6.45, 7) is 18.0. The maximum Gasteiger partial charge on any atom is 0.358 e. The van der Waals surface area contributed by atoms with Crippen LogP contribution in [0.2, 0.25) is 58.9 Å². The molecule has 0 saturated heterocycles. The molecule has 0 atom stereocenters. The van der Waals surface area contributed by atoms with Crippen molar-refractivity contribution in [3.8, 4) is 0 Å². The third kappa shape index (κ3) is 10.0. The summed E-state index contributed by atoms with van der Waals surface area (Å²) < 4.78 is 16.9. The molecule has 0 amide bonds. The second-order valence-corrected chi connectivity index (χ2v) is 20.5. The molecule has 18 heavy (non-hydrogen) atoms. The van der Waals surface area contributed by atoms with Crippen molar-refractivity contribution in [2.24, 2.45) is 0 Å². The first-order valence-corrected chi connectivity index (χ1v) is 16.4. The van der Waals surface area contributed by atoms with Gasteiger partial charge >= 0.3 is 12.3 Å². The Morgan fingerprint density at radius 3 is 1.11 bits per heavy atom. The highest BCUT2D eigenvalue weighted by atomic mass is 28.4. The van der Waals surface area contributed by atoms with Gasteiger partial charge in [0.1, 0.15) is 0 Å². The molecule has 0 N–H and O–H groups in total. The van der Waals surface area contributed by atoms with Crippen LogP contribution in [-0.4, -0.2) is 30.9 Å². The van der Waals surface area contributed by atoms with Crippen LogP contribution in [0.1, 0.15) is 0 Å². The first kappa shape index (κ1) is 18.0. The maximum absolute atomic E-state index is 12.1. The van der Waals surface area contributed by atoms with Gasteiger partial charge in [0, 0.05) is 0 Å². The predicted molar refractivity (Wildman–Crippen MR) is 81.5 cm³/mol. The molecule has 0 aromatic rings. The SMILES string of the molecule is C[Si](C)(C)O[C](O[Si](C)(C)C)C(=O)O[Si](C)(C)C. The van der Waals surface area contributed by atoms with Crippen molar-refractivity contribution >= 4 is 30.9 Å². The first-order chi connectivity index (χ1) is 7.70. The van der Waals surface area contributed by atoms with Crippen molar-refractivity contribution in [1.29, 1.82) is 0 Å². The van der Waals surface area contributed by atoms with Crippen molar-refractivity contribution in [2.45, 2.75) is 58.9 Å². The lowest BCUT2D eigenvalue weighted by atomic mass is 10.7. The molecule has 0 aromatic heterocycles. The Hall–Kier alpha value is 0.0406. The molecule has 1 radical (unpaired) electrons. The highest BCUT2D eigenvalue weighted by molar-refractivity contribution is 6.72. The van der Waals surface area contributed by atoms with E-state index >= 15 is 0 Å². The standard InChI is InChI=1S/C11H27O4Si3/c1-16(2,3)13-10(12)11(14-17(4,5)6)15-18(7,8)9/h1-9H3. The molecule has 0 heterocycles. The third-order valence-electron chi connectivity index (χ3n) is 1.36. The van der Waals surface area contributed by atoms with Gasteiger partial charge in [-0.2, -0.15) is 0 Å². The Morgan fingerprint density at radius 2 is 0.889 bits per heavy atom. The summed E-state index contributed by atoms with van der Waals surface area (Å²) in [4.78, 5) is 12.1. The molecule has 107 valence electrons. The molecular formula is C11H27O4Si3. The molecule has 7 heteroatoms. The molecule has 0 unspecified atom stereocenters. The number of carbonyl (C=O) groups is 1. The second-order valence-electron chi connectivity index (χ2n) is 7.22. The van der Waals surface area contributed by atoms with Gasteiger partial charge in [0.15, 0.2) is 16.6 Å². The zero-order chi connectivity index (χ0) is 14.8. The van der Waals surface area contributed by atoms with Gasteiger partial charge in [-0.1, -0.05) is 0 Å². The first-order valence-electron chi connectivity index (χ1n) is 6.18. The average molecular weight is 308 g/mol. The molecule has 0 aliphatic rings. The largest absolute Gasteiger partial charge is 0.516 e. The van der Waals surface area contributed by atoms with Crippen molar-refractivity contribution in [2.75, 3.05) is 0 Å². The van der Waals surface area contributed by atoms with Crippen molar-refractivity contribution in [3.63, 3.8) is 0 Å². The Bertz CT molecular complexity index is 270. The number of carbonyl (C=O) groups excluding carboxylic acids is 1. The summed E-state index contributed by atoms with van der Waals surface area (Å²) in [5, 5.41) is 0. The van der Waals surface area contributed by atoms with E-state index in [1.54, 1.807) is 0 Å². The Morgan fingerprint density at radius 1 is 0.611 bits per heavy atom. The lowest BCUT2D eigenvalue weighted by Gasteiger charge is -2.30. The van der Waals surface area contributed by atoms with Crippen LogP contribution in [0, 0.1) is 6.29 Å². The normalized spacial score (nSPS) is 13.9. The number of hydrogen-bond donors (Lipinski definition) is 0. The summed E-state index contributed by atoms with van der Waals surface area (Å²) in [5.41, 5.74) is 0. The van der Waals surface area contributed by atoms with Crippen LogP contribution in [0.4, 0.5) is 0 Å². The van der Waals surface area contributed by atoms with Crippen molar-refractivity contribution < 1.29 is 18.1 Å². The van der Waals surface area contributed by atoms with E-state index in [4.69, 9.17) is 13.3 Å². The van der Waals surface area contributed by atoms with Crippen LogP contribution in [0.5, 0.6) is 0 Å².